The van der Waals surface area contributed by atoms with Crippen molar-refractivity contribution in [1.82, 2.24) is 15.5 Å². The molecule has 0 atom stereocenters. The first-order chi connectivity index (χ1) is 13.0. The van der Waals surface area contributed by atoms with Gasteiger partial charge in [-0.3, -0.25) is 24.1 Å². The van der Waals surface area contributed by atoms with Crippen LogP contribution in [0.3, 0.4) is 0 Å². The number of fused-ring (bicyclic) bond motifs is 1. The average molecular weight is 369 g/mol. The van der Waals surface area contributed by atoms with Crippen LogP contribution in [0.25, 0.3) is 0 Å². The Morgan fingerprint density at radius 2 is 1.52 bits per heavy atom. The Morgan fingerprint density at radius 3 is 2.15 bits per heavy atom. The maximum atomic E-state index is 13.1. The molecule has 0 aromatic heterocycles. The number of hydrogen-bond acceptors (Lipinski definition) is 4. The highest BCUT2D eigenvalue weighted by atomic mass is 19.1. The van der Waals surface area contributed by atoms with Gasteiger partial charge in [0.2, 0.25) is 5.91 Å². The average Bonchev–Trinajstić information content (AvgIpc) is 2.90. The fourth-order valence-electron chi connectivity index (χ4n) is 2.69. The van der Waals surface area contributed by atoms with Gasteiger partial charge in [-0.1, -0.05) is 18.2 Å². The van der Waals surface area contributed by atoms with E-state index in [2.05, 4.69) is 10.6 Å². The molecule has 1 aliphatic rings. The molecule has 8 heteroatoms. The van der Waals surface area contributed by atoms with Crippen LogP contribution in [0.5, 0.6) is 0 Å². The Labute approximate surface area is 154 Å². The predicted octanol–water partition coefficient (Wildman–Crippen LogP) is 0.968. The monoisotopic (exact) mass is 369 g/mol. The molecule has 0 radical (unpaired) electrons. The molecule has 1 aliphatic heterocycles. The van der Waals surface area contributed by atoms with Gasteiger partial charge in [-0.2, -0.15) is 0 Å². The quantitative estimate of drug-likeness (QED) is 0.586. The van der Waals surface area contributed by atoms with E-state index in [0.29, 0.717) is 0 Å². The number of amides is 4. The Hall–Kier alpha value is -3.55. The number of imide groups is 1. The lowest BCUT2D eigenvalue weighted by Crippen LogP contribution is -2.42. The molecule has 0 saturated carbocycles. The summed E-state index contributed by atoms with van der Waals surface area (Å²) in [4.78, 5) is 49.1. The minimum Gasteiger partial charge on any atom is -0.353 e. The summed E-state index contributed by atoms with van der Waals surface area (Å²) in [5, 5.41) is 5.06. The van der Waals surface area contributed by atoms with E-state index in [1.54, 1.807) is 12.1 Å². The van der Waals surface area contributed by atoms with Crippen molar-refractivity contribution < 1.29 is 23.6 Å². The number of nitrogens with zero attached hydrogens (tertiary/aromatic N) is 1. The number of hydrogen-bond donors (Lipinski definition) is 2. The molecule has 2 N–H and O–H groups in total. The van der Waals surface area contributed by atoms with E-state index < -0.39 is 36.0 Å². The molecule has 0 bridgehead atoms. The molecular formula is C19H16FN3O4. The number of benzene rings is 2. The summed E-state index contributed by atoms with van der Waals surface area (Å²) in [5.74, 6) is -2.53. The van der Waals surface area contributed by atoms with Crippen LogP contribution in [0.1, 0.15) is 31.1 Å². The summed E-state index contributed by atoms with van der Waals surface area (Å²) in [6.45, 7) is -0.184. The molecule has 2 aromatic carbocycles. The fourth-order valence-corrected chi connectivity index (χ4v) is 2.69. The van der Waals surface area contributed by atoms with Gasteiger partial charge in [-0.25, -0.2) is 4.39 Å². The standard InChI is InChI=1S/C19H16FN3O4/c20-13-5-3-4-12(10-13)17(25)22-9-8-21-16(24)11-23-18(26)14-6-1-2-7-15(14)19(23)27/h1-7,10H,8-9,11H2,(H,21,24)(H,22,25). The van der Waals surface area contributed by atoms with Gasteiger partial charge in [0.05, 0.1) is 11.1 Å². The van der Waals surface area contributed by atoms with E-state index in [0.717, 1.165) is 11.0 Å². The topological polar surface area (TPSA) is 95.6 Å². The second-order valence-electron chi connectivity index (χ2n) is 5.86. The number of rotatable bonds is 6. The van der Waals surface area contributed by atoms with Gasteiger partial charge in [0.25, 0.3) is 17.7 Å². The number of nitrogens with one attached hydrogen (secondary N) is 2. The van der Waals surface area contributed by atoms with Crippen molar-refractivity contribution in [3.05, 3.63) is 71.0 Å². The fraction of sp³-hybridized carbons (Fsp3) is 0.158. The van der Waals surface area contributed by atoms with E-state index in [1.165, 1.54) is 30.3 Å². The van der Waals surface area contributed by atoms with Crippen LogP contribution in [0.4, 0.5) is 4.39 Å². The lowest BCUT2D eigenvalue weighted by Gasteiger charge is -2.13. The van der Waals surface area contributed by atoms with Gasteiger partial charge in [0, 0.05) is 18.7 Å². The summed E-state index contributed by atoms with van der Waals surface area (Å²) in [5.41, 5.74) is 0.725. The van der Waals surface area contributed by atoms with E-state index in [1.807, 2.05) is 0 Å². The van der Waals surface area contributed by atoms with Gasteiger partial charge < -0.3 is 10.6 Å². The molecule has 3 rings (SSSR count). The van der Waals surface area contributed by atoms with Crippen molar-refractivity contribution in [2.24, 2.45) is 0 Å². The zero-order chi connectivity index (χ0) is 19.4. The van der Waals surface area contributed by atoms with Crippen molar-refractivity contribution >= 4 is 23.6 Å². The van der Waals surface area contributed by atoms with Crippen LogP contribution in [0.15, 0.2) is 48.5 Å². The third-order valence-electron chi connectivity index (χ3n) is 4.00. The smallest absolute Gasteiger partial charge is 0.262 e. The molecule has 0 unspecified atom stereocenters. The first-order valence-corrected chi connectivity index (χ1v) is 8.23. The number of halogens is 1. The van der Waals surface area contributed by atoms with Crippen molar-refractivity contribution in [3.63, 3.8) is 0 Å². The van der Waals surface area contributed by atoms with Crippen LogP contribution in [-0.2, 0) is 4.79 Å². The lowest BCUT2D eigenvalue weighted by atomic mass is 10.1. The van der Waals surface area contributed by atoms with Gasteiger partial charge in [-0.05, 0) is 30.3 Å². The summed E-state index contributed by atoms with van der Waals surface area (Å²) >= 11 is 0. The SMILES string of the molecule is O=C(CN1C(=O)c2ccccc2C1=O)NCCNC(=O)c1cccc(F)c1. The second-order valence-corrected chi connectivity index (χ2v) is 5.86. The molecule has 27 heavy (non-hydrogen) atoms. The zero-order valence-electron chi connectivity index (χ0n) is 14.2. The first kappa shape index (κ1) is 18.2. The summed E-state index contributed by atoms with van der Waals surface area (Å²) < 4.78 is 13.1. The van der Waals surface area contributed by atoms with Gasteiger partial charge in [-0.15, -0.1) is 0 Å². The highest BCUT2D eigenvalue weighted by Gasteiger charge is 2.36. The number of carbonyl (C=O) groups excluding carboxylic acids is 4. The van der Waals surface area contributed by atoms with Gasteiger partial charge >= 0.3 is 0 Å². The van der Waals surface area contributed by atoms with Gasteiger partial charge in [0.1, 0.15) is 12.4 Å². The lowest BCUT2D eigenvalue weighted by molar-refractivity contribution is -0.121. The number of carbonyl (C=O) groups is 4. The van der Waals surface area contributed by atoms with E-state index >= 15 is 0 Å². The third kappa shape index (κ3) is 4.00. The van der Waals surface area contributed by atoms with Crippen molar-refractivity contribution in [2.45, 2.75) is 0 Å². The molecule has 1 heterocycles. The van der Waals surface area contributed by atoms with Crippen molar-refractivity contribution in [3.8, 4) is 0 Å². The molecule has 0 spiro atoms. The molecule has 4 amide bonds. The molecule has 2 aromatic rings. The maximum Gasteiger partial charge on any atom is 0.262 e. The molecule has 0 saturated heterocycles. The minimum atomic E-state index is -0.524. The third-order valence-corrected chi connectivity index (χ3v) is 4.00. The summed E-state index contributed by atoms with van der Waals surface area (Å²) in [6, 6.07) is 11.6. The summed E-state index contributed by atoms with van der Waals surface area (Å²) in [7, 11) is 0. The largest absolute Gasteiger partial charge is 0.353 e. The Morgan fingerprint density at radius 1 is 0.889 bits per heavy atom. The molecule has 0 aliphatic carbocycles. The minimum absolute atomic E-state index is 0.100. The highest BCUT2D eigenvalue weighted by Crippen LogP contribution is 2.21. The van der Waals surface area contributed by atoms with E-state index in [-0.39, 0.29) is 29.8 Å². The van der Waals surface area contributed by atoms with Crippen LogP contribution < -0.4 is 10.6 Å². The normalized spacial score (nSPS) is 12.7. The highest BCUT2D eigenvalue weighted by molar-refractivity contribution is 6.22. The predicted molar refractivity (Wildman–Crippen MR) is 93.6 cm³/mol. The van der Waals surface area contributed by atoms with Gasteiger partial charge in [0.15, 0.2) is 0 Å². The van der Waals surface area contributed by atoms with Crippen molar-refractivity contribution in [1.29, 1.82) is 0 Å². The van der Waals surface area contributed by atoms with Crippen molar-refractivity contribution in [2.75, 3.05) is 19.6 Å². The molecule has 7 nitrogen and oxygen atoms in total. The Balaban J connectivity index is 1.45. The van der Waals surface area contributed by atoms with Crippen LogP contribution >= 0.6 is 0 Å². The first-order valence-electron chi connectivity index (χ1n) is 8.23. The summed E-state index contributed by atoms with van der Waals surface area (Å²) in [6.07, 6.45) is 0. The van der Waals surface area contributed by atoms with E-state index in [4.69, 9.17) is 0 Å². The van der Waals surface area contributed by atoms with Crippen LogP contribution in [-0.4, -0.2) is 48.2 Å². The Bertz CT molecular complexity index is 894. The molecular weight excluding hydrogens is 353 g/mol. The zero-order valence-corrected chi connectivity index (χ0v) is 14.2. The van der Waals surface area contributed by atoms with E-state index in [9.17, 15) is 23.6 Å². The molecule has 0 fully saturated rings. The maximum absolute atomic E-state index is 13.1. The second kappa shape index (κ2) is 7.77. The molecule has 138 valence electrons. The van der Waals surface area contributed by atoms with Crippen LogP contribution in [0.2, 0.25) is 0 Å². The van der Waals surface area contributed by atoms with Crippen LogP contribution in [0, 0.1) is 5.82 Å². The Kier molecular flexibility index (Phi) is 5.25.